The number of rotatable bonds is 7. The zero-order valence-corrected chi connectivity index (χ0v) is 23.1. The summed E-state index contributed by atoms with van der Waals surface area (Å²) in [5.74, 6) is 3.32. The Kier molecular flexibility index (Phi) is 7.51. The van der Waals surface area contributed by atoms with Gasteiger partial charge in [-0.05, 0) is 106 Å². The first-order chi connectivity index (χ1) is 18.9. The van der Waals surface area contributed by atoms with Crippen LogP contribution in [0.2, 0.25) is 0 Å². The number of carbonyl (C=O) groups excluding carboxylic acids is 1. The van der Waals surface area contributed by atoms with Gasteiger partial charge in [0.25, 0.3) is 0 Å². The number of benzene rings is 3. The maximum atomic E-state index is 12.4. The zero-order chi connectivity index (χ0) is 27.5. The predicted molar refractivity (Wildman–Crippen MR) is 165 cm³/mol. The average molecular weight is 507 g/mol. The summed E-state index contributed by atoms with van der Waals surface area (Å²) >= 11 is 0. The minimum absolute atomic E-state index is 0.0591. The summed E-state index contributed by atoms with van der Waals surface area (Å²) < 4.78 is 0. The highest BCUT2D eigenvalue weighted by Crippen LogP contribution is 2.42. The molecular formula is C38H34O. The van der Waals surface area contributed by atoms with Crippen molar-refractivity contribution in [2.45, 2.75) is 52.4 Å². The van der Waals surface area contributed by atoms with Crippen molar-refractivity contribution in [1.29, 1.82) is 0 Å². The van der Waals surface area contributed by atoms with Crippen LogP contribution in [-0.4, -0.2) is 5.78 Å². The van der Waals surface area contributed by atoms with Crippen molar-refractivity contribution >= 4 is 23.0 Å². The number of hydrogen-bond acceptors (Lipinski definition) is 1. The SMILES string of the molecule is C#Cc1cc(C(=C=C)C2=CCCc3c2cccc3-c2cc3c(cc2C)C(C)C=C3)ccc1CC(=O)/C=C/CC. The highest BCUT2D eigenvalue weighted by Gasteiger charge is 2.23. The molecule has 0 N–H and O–H groups in total. The van der Waals surface area contributed by atoms with Crippen LogP contribution in [0.1, 0.15) is 77.1 Å². The molecule has 192 valence electrons. The second-order valence-electron chi connectivity index (χ2n) is 10.5. The second-order valence-corrected chi connectivity index (χ2v) is 10.5. The fourth-order valence-corrected chi connectivity index (χ4v) is 5.87. The molecule has 0 bridgehead atoms. The van der Waals surface area contributed by atoms with Crippen molar-refractivity contribution in [1.82, 2.24) is 0 Å². The van der Waals surface area contributed by atoms with Gasteiger partial charge in [0.1, 0.15) is 0 Å². The van der Waals surface area contributed by atoms with Crippen molar-refractivity contribution in [2.75, 3.05) is 0 Å². The monoisotopic (exact) mass is 506 g/mol. The summed E-state index contributed by atoms with van der Waals surface area (Å²) in [6, 6.07) is 17.3. The normalized spacial score (nSPS) is 15.3. The van der Waals surface area contributed by atoms with Crippen molar-refractivity contribution in [3.63, 3.8) is 0 Å². The molecule has 2 aliphatic rings. The van der Waals surface area contributed by atoms with Crippen LogP contribution in [0.3, 0.4) is 0 Å². The molecule has 5 rings (SSSR count). The lowest BCUT2D eigenvalue weighted by molar-refractivity contribution is -0.114. The van der Waals surface area contributed by atoms with Gasteiger partial charge in [-0.25, -0.2) is 0 Å². The lowest BCUT2D eigenvalue weighted by Gasteiger charge is -2.24. The van der Waals surface area contributed by atoms with Gasteiger partial charge in [0, 0.05) is 17.6 Å². The molecule has 39 heavy (non-hydrogen) atoms. The molecule has 1 atom stereocenters. The average Bonchev–Trinajstić information content (AvgIpc) is 3.31. The predicted octanol–water partition coefficient (Wildman–Crippen LogP) is 9.05. The van der Waals surface area contributed by atoms with Crippen LogP contribution in [0.4, 0.5) is 0 Å². The van der Waals surface area contributed by atoms with Crippen LogP contribution in [0.5, 0.6) is 0 Å². The van der Waals surface area contributed by atoms with E-state index in [1.165, 1.54) is 38.9 Å². The van der Waals surface area contributed by atoms with Gasteiger partial charge in [0.15, 0.2) is 5.78 Å². The lowest BCUT2D eigenvalue weighted by Crippen LogP contribution is -2.05. The van der Waals surface area contributed by atoms with Gasteiger partial charge in [-0.2, -0.15) is 0 Å². The molecular weight excluding hydrogens is 472 g/mol. The minimum Gasteiger partial charge on any atom is -0.294 e. The number of allylic oxidation sites excluding steroid dienone is 6. The van der Waals surface area contributed by atoms with E-state index in [0.717, 1.165) is 47.1 Å². The Morgan fingerprint density at radius 3 is 2.72 bits per heavy atom. The van der Waals surface area contributed by atoms with E-state index in [1.807, 2.05) is 31.2 Å². The van der Waals surface area contributed by atoms with E-state index in [0.29, 0.717) is 12.3 Å². The molecule has 1 nitrogen and oxygen atoms in total. The number of hydrogen-bond donors (Lipinski definition) is 0. The molecule has 2 aliphatic carbocycles. The van der Waals surface area contributed by atoms with Gasteiger partial charge < -0.3 is 0 Å². The summed E-state index contributed by atoms with van der Waals surface area (Å²) in [7, 11) is 0. The maximum absolute atomic E-state index is 12.4. The van der Waals surface area contributed by atoms with E-state index in [4.69, 9.17) is 6.42 Å². The lowest BCUT2D eigenvalue weighted by atomic mass is 9.80. The van der Waals surface area contributed by atoms with Crippen molar-refractivity contribution in [3.05, 3.63) is 130 Å². The maximum Gasteiger partial charge on any atom is 0.159 e. The minimum atomic E-state index is 0.0591. The Morgan fingerprint density at radius 1 is 1.13 bits per heavy atom. The summed E-state index contributed by atoms with van der Waals surface area (Å²) in [6.07, 6.45) is 19.3. The third kappa shape index (κ3) is 5.05. The first-order valence-corrected chi connectivity index (χ1v) is 13.8. The molecule has 0 amide bonds. The van der Waals surface area contributed by atoms with E-state index < -0.39 is 0 Å². The summed E-state index contributed by atoms with van der Waals surface area (Å²) in [5, 5.41) is 0. The number of terminal acetylenes is 1. The Balaban J connectivity index is 1.53. The van der Waals surface area contributed by atoms with E-state index in [1.54, 1.807) is 6.08 Å². The van der Waals surface area contributed by atoms with Gasteiger partial charge in [0.2, 0.25) is 0 Å². The number of carbonyl (C=O) groups is 1. The van der Waals surface area contributed by atoms with Gasteiger partial charge in [-0.3, -0.25) is 4.79 Å². The molecule has 1 unspecified atom stereocenters. The largest absolute Gasteiger partial charge is 0.294 e. The fraction of sp³-hybridized carbons (Fsp3) is 0.211. The Bertz CT molecular complexity index is 1660. The first kappa shape index (κ1) is 26.2. The molecule has 0 radical (unpaired) electrons. The van der Waals surface area contributed by atoms with Gasteiger partial charge in [0.05, 0.1) is 0 Å². The highest BCUT2D eigenvalue weighted by atomic mass is 16.1. The highest BCUT2D eigenvalue weighted by molar-refractivity contribution is 6.06. The van der Waals surface area contributed by atoms with Crippen molar-refractivity contribution < 1.29 is 4.79 Å². The van der Waals surface area contributed by atoms with E-state index in [-0.39, 0.29) is 5.78 Å². The third-order valence-corrected chi connectivity index (χ3v) is 7.89. The molecule has 0 saturated carbocycles. The molecule has 0 spiro atoms. The second kappa shape index (κ2) is 11.2. The standard InChI is InChI=1S/C38H34O/c1-6-9-12-31(39)23-28-19-20-29(22-27(28)7-2)32(8-3)33-13-10-15-35-34(33)14-11-16-36(35)38-24-30-18-17-25(4)37(30)21-26(38)5/h2,9,11-14,16-22,24-25H,3,6,10,15,23H2,1,4-5H3/b12-9+. The molecule has 1 heteroatoms. The van der Waals surface area contributed by atoms with Crippen LogP contribution in [0.15, 0.2) is 85.1 Å². The zero-order valence-electron chi connectivity index (χ0n) is 23.1. The quantitative estimate of drug-likeness (QED) is 0.177. The summed E-state index contributed by atoms with van der Waals surface area (Å²) in [4.78, 5) is 12.4. The summed E-state index contributed by atoms with van der Waals surface area (Å²) in [5.41, 5.74) is 17.1. The van der Waals surface area contributed by atoms with Gasteiger partial charge in [-0.1, -0.05) is 87.0 Å². The number of ketones is 1. The topological polar surface area (TPSA) is 17.1 Å². The Morgan fingerprint density at radius 2 is 1.95 bits per heavy atom. The van der Waals surface area contributed by atoms with Crippen LogP contribution in [0, 0.1) is 19.3 Å². The molecule has 0 heterocycles. The van der Waals surface area contributed by atoms with Gasteiger partial charge in [-0.15, -0.1) is 12.2 Å². The number of aryl methyl sites for hydroxylation is 1. The van der Waals surface area contributed by atoms with Crippen LogP contribution in [0.25, 0.3) is 28.3 Å². The van der Waals surface area contributed by atoms with Crippen LogP contribution >= 0.6 is 0 Å². The smallest absolute Gasteiger partial charge is 0.159 e. The molecule has 0 aliphatic heterocycles. The van der Waals surface area contributed by atoms with E-state index in [9.17, 15) is 4.79 Å². The Hall–Kier alpha value is -4.37. The summed E-state index contributed by atoms with van der Waals surface area (Å²) in [6.45, 7) is 10.6. The molecule has 0 fully saturated rings. The van der Waals surface area contributed by atoms with E-state index >= 15 is 0 Å². The molecule has 0 aromatic heterocycles. The van der Waals surface area contributed by atoms with Crippen LogP contribution < -0.4 is 0 Å². The third-order valence-electron chi connectivity index (χ3n) is 7.89. The molecule has 3 aromatic rings. The molecule has 0 saturated heterocycles. The van der Waals surface area contributed by atoms with Crippen molar-refractivity contribution in [2.24, 2.45) is 0 Å². The van der Waals surface area contributed by atoms with Gasteiger partial charge >= 0.3 is 0 Å². The van der Waals surface area contributed by atoms with Crippen LogP contribution in [-0.2, 0) is 17.6 Å². The Labute approximate surface area is 233 Å². The first-order valence-electron chi connectivity index (χ1n) is 13.8. The fourth-order valence-electron chi connectivity index (χ4n) is 5.87. The van der Waals surface area contributed by atoms with Crippen molar-refractivity contribution in [3.8, 4) is 23.5 Å². The molecule has 3 aromatic carbocycles. The van der Waals surface area contributed by atoms with E-state index in [2.05, 4.69) is 80.6 Å². The number of fused-ring (bicyclic) bond motifs is 2.